The van der Waals surface area contributed by atoms with E-state index in [1.54, 1.807) is 17.0 Å². The van der Waals surface area contributed by atoms with E-state index in [-0.39, 0.29) is 30.2 Å². The molecule has 6 heteroatoms. The molecular formula is C20H22FN3O2. The van der Waals surface area contributed by atoms with Crippen molar-refractivity contribution in [2.45, 2.75) is 32.9 Å². The molecule has 1 aliphatic rings. The monoisotopic (exact) mass is 355 g/mol. The normalized spacial score (nSPS) is 16.7. The summed E-state index contributed by atoms with van der Waals surface area (Å²) in [4.78, 5) is 26.1. The van der Waals surface area contributed by atoms with Crippen molar-refractivity contribution >= 4 is 17.6 Å². The number of nitrogens with one attached hydrogen (secondary N) is 2. The van der Waals surface area contributed by atoms with Crippen LogP contribution in [-0.2, 0) is 11.3 Å². The molecule has 1 saturated heterocycles. The summed E-state index contributed by atoms with van der Waals surface area (Å²) in [5, 5.41) is 5.56. The Morgan fingerprint density at radius 2 is 1.88 bits per heavy atom. The first-order valence-corrected chi connectivity index (χ1v) is 8.59. The Kier molecular flexibility index (Phi) is 5.21. The Bertz CT molecular complexity index is 820. The standard InChI is InChI=1S/C20H22FN3O2/c1-13-3-8-18(9-14(13)2)24-12-17(10-19(24)25)23-20(26)22-11-15-4-6-16(21)7-5-15/h3-9,17H,10-12H2,1-2H3,(H2,22,23,26). The molecule has 1 atom stereocenters. The number of carbonyl (C=O) groups is 2. The molecule has 0 spiro atoms. The first-order chi connectivity index (χ1) is 12.4. The summed E-state index contributed by atoms with van der Waals surface area (Å²) < 4.78 is 12.9. The molecule has 2 N–H and O–H groups in total. The minimum Gasteiger partial charge on any atom is -0.334 e. The third-order valence-corrected chi connectivity index (χ3v) is 4.63. The fraction of sp³-hybridized carbons (Fsp3) is 0.300. The van der Waals surface area contributed by atoms with Crippen LogP contribution >= 0.6 is 0 Å². The molecular weight excluding hydrogens is 333 g/mol. The SMILES string of the molecule is Cc1ccc(N2CC(NC(=O)NCc3ccc(F)cc3)CC2=O)cc1C. The highest BCUT2D eigenvalue weighted by Crippen LogP contribution is 2.24. The summed E-state index contributed by atoms with van der Waals surface area (Å²) in [7, 11) is 0. The Morgan fingerprint density at radius 3 is 2.58 bits per heavy atom. The molecule has 3 rings (SSSR count). The second-order valence-electron chi connectivity index (χ2n) is 6.63. The first-order valence-electron chi connectivity index (χ1n) is 8.59. The van der Waals surface area contributed by atoms with Gasteiger partial charge in [0.25, 0.3) is 0 Å². The van der Waals surface area contributed by atoms with Crippen LogP contribution in [0.3, 0.4) is 0 Å². The number of hydrogen-bond donors (Lipinski definition) is 2. The highest BCUT2D eigenvalue weighted by molar-refractivity contribution is 5.96. The second kappa shape index (κ2) is 7.56. The van der Waals surface area contributed by atoms with E-state index in [1.807, 2.05) is 32.0 Å². The van der Waals surface area contributed by atoms with Crippen molar-refractivity contribution in [1.82, 2.24) is 10.6 Å². The number of halogens is 1. The molecule has 1 unspecified atom stereocenters. The van der Waals surface area contributed by atoms with E-state index in [9.17, 15) is 14.0 Å². The van der Waals surface area contributed by atoms with Gasteiger partial charge in [-0.2, -0.15) is 0 Å². The third kappa shape index (κ3) is 4.20. The maximum atomic E-state index is 12.9. The Labute approximate surface area is 152 Å². The van der Waals surface area contributed by atoms with Crippen LogP contribution in [0.15, 0.2) is 42.5 Å². The smallest absolute Gasteiger partial charge is 0.315 e. The third-order valence-electron chi connectivity index (χ3n) is 4.63. The van der Waals surface area contributed by atoms with Gasteiger partial charge in [-0.3, -0.25) is 4.79 Å². The van der Waals surface area contributed by atoms with Crippen LogP contribution in [0, 0.1) is 19.7 Å². The molecule has 0 saturated carbocycles. The predicted octanol–water partition coefficient (Wildman–Crippen LogP) is 3.05. The van der Waals surface area contributed by atoms with Gasteiger partial charge in [0.1, 0.15) is 5.82 Å². The lowest BCUT2D eigenvalue weighted by atomic mass is 10.1. The lowest BCUT2D eigenvalue weighted by Gasteiger charge is -2.18. The van der Waals surface area contributed by atoms with Gasteiger partial charge in [0.15, 0.2) is 0 Å². The fourth-order valence-electron chi connectivity index (χ4n) is 2.97. The molecule has 1 fully saturated rings. The highest BCUT2D eigenvalue weighted by atomic mass is 19.1. The summed E-state index contributed by atoms with van der Waals surface area (Å²) in [6.45, 7) is 4.79. The van der Waals surface area contributed by atoms with Gasteiger partial charge >= 0.3 is 6.03 Å². The lowest BCUT2D eigenvalue weighted by molar-refractivity contribution is -0.117. The van der Waals surface area contributed by atoms with E-state index in [4.69, 9.17) is 0 Å². The Balaban J connectivity index is 1.54. The van der Waals surface area contributed by atoms with Gasteiger partial charge in [0.05, 0.1) is 6.04 Å². The minimum atomic E-state index is -0.339. The number of urea groups is 1. The average Bonchev–Trinajstić information content (AvgIpc) is 2.97. The maximum absolute atomic E-state index is 12.9. The zero-order chi connectivity index (χ0) is 18.7. The first kappa shape index (κ1) is 17.9. The van der Waals surface area contributed by atoms with E-state index in [0.717, 1.165) is 16.8 Å². The lowest BCUT2D eigenvalue weighted by Crippen LogP contribution is -2.43. The van der Waals surface area contributed by atoms with Crippen LogP contribution in [0.5, 0.6) is 0 Å². The molecule has 0 aromatic heterocycles. The van der Waals surface area contributed by atoms with Crippen molar-refractivity contribution in [3.05, 3.63) is 65.0 Å². The van der Waals surface area contributed by atoms with Crippen molar-refractivity contribution in [1.29, 1.82) is 0 Å². The number of nitrogens with zero attached hydrogens (tertiary/aromatic N) is 1. The zero-order valence-electron chi connectivity index (χ0n) is 14.9. The molecule has 2 aromatic carbocycles. The van der Waals surface area contributed by atoms with E-state index in [2.05, 4.69) is 10.6 Å². The van der Waals surface area contributed by atoms with E-state index in [0.29, 0.717) is 13.1 Å². The summed E-state index contributed by atoms with van der Waals surface area (Å²) in [5.41, 5.74) is 3.97. The highest BCUT2D eigenvalue weighted by Gasteiger charge is 2.31. The number of amides is 3. The minimum absolute atomic E-state index is 0.00270. The van der Waals surface area contributed by atoms with Crippen LogP contribution in [0.4, 0.5) is 14.9 Å². The van der Waals surface area contributed by atoms with Gasteiger partial charge in [0, 0.05) is 25.2 Å². The van der Waals surface area contributed by atoms with Gasteiger partial charge < -0.3 is 15.5 Å². The van der Waals surface area contributed by atoms with E-state index in [1.165, 1.54) is 17.7 Å². The van der Waals surface area contributed by atoms with Crippen molar-refractivity contribution in [2.75, 3.05) is 11.4 Å². The number of hydrogen-bond acceptors (Lipinski definition) is 2. The summed E-state index contributed by atoms with van der Waals surface area (Å²) in [6, 6.07) is 11.3. The summed E-state index contributed by atoms with van der Waals surface area (Å²) in [5.74, 6) is -0.314. The Morgan fingerprint density at radius 1 is 1.15 bits per heavy atom. The molecule has 2 aromatic rings. The second-order valence-corrected chi connectivity index (χ2v) is 6.63. The number of aryl methyl sites for hydroxylation is 2. The number of benzene rings is 2. The van der Waals surface area contributed by atoms with Crippen LogP contribution < -0.4 is 15.5 Å². The van der Waals surface area contributed by atoms with Crippen molar-refractivity contribution in [3.63, 3.8) is 0 Å². The predicted molar refractivity (Wildman–Crippen MR) is 98.4 cm³/mol. The van der Waals surface area contributed by atoms with Gasteiger partial charge in [-0.05, 0) is 54.8 Å². The zero-order valence-corrected chi connectivity index (χ0v) is 14.9. The Hall–Kier alpha value is -2.89. The fourth-order valence-corrected chi connectivity index (χ4v) is 2.97. The maximum Gasteiger partial charge on any atom is 0.315 e. The van der Waals surface area contributed by atoms with Crippen molar-refractivity contribution in [2.24, 2.45) is 0 Å². The van der Waals surface area contributed by atoms with Crippen LogP contribution in [0.1, 0.15) is 23.1 Å². The molecule has 3 amide bonds. The van der Waals surface area contributed by atoms with E-state index >= 15 is 0 Å². The van der Waals surface area contributed by atoms with Gasteiger partial charge in [0.2, 0.25) is 5.91 Å². The molecule has 1 aliphatic heterocycles. The van der Waals surface area contributed by atoms with Gasteiger partial charge in [-0.1, -0.05) is 18.2 Å². The summed E-state index contributed by atoms with van der Waals surface area (Å²) >= 11 is 0. The molecule has 0 radical (unpaired) electrons. The van der Waals surface area contributed by atoms with Crippen LogP contribution in [0.2, 0.25) is 0 Å². The number of anilines is 1. The molecule has 0 bridgehead atoms. The quantitative estimate of drug-likeness (QED) is 0.886. The van der Waals surface area contributed by atoms with Gasteiger partial charge in [-0.25, -0.2) is 9.18 Å². The molecule has 0 aliphatic carbocycles. The van der Waals surface area contributed by atoms with Crippen molar-refractivity contribution in [3.8, 4) is 0 Å². The van der Waals surface area contributed by atoms with Gasteiger partial charge in [-0.15, -0.1) is 0 Å². The molecule has 26 heavy (non-hydrogen) atoms. The topological polar surface area (TPSA) is 61.4 Å². The number of rotatable bonds is 4. The summed E-state index contributed by atoms with van der Waals surface area (Å²) in [6.07, 6.45) is 0.275. The van der Waals surface area contributed by atoms with E-state index < -0.39 is 0 Å². The molecule has 5 nitrogen and oxygen atoms in total. The number of carbonyl (C=O) groups excluding carboxylic acids is 2. The van der Waals surface area contributed by atoms with Crippen LogP contribution in [-0.4, -0.2) is 24.5 Å². The molecule has 136 valence electrons. The van der Waals surface area contributed by atoms with Crippen LogP contribution in [0.25, 0.3) is 0 Å². The average molecular weight is 355 g/mol. The largest absolute Gasteiger partial charge is 0.334 e. The molecule has 1 heterocycles. The van der Waals surface area contributed by atoms with Crippen molar-refractivity contribution < 1.29 is 14.0 Å².